The van der Waals surface area contributed by atoms with Crippen molar-refractivity contribution in [2.75, 3.05) is 19.8 Å². The van der Waals surface area contributed by atoms with Gasteiger partial charge in [0.1, 0.15) is 36.0 Å². The number of aliphatic hydroxyl groups is 1. The first kappa shape index (κ1) is 32.4. The monoisotopic (exact) mass is 652 g/mol. The van der Waals surface area contributed by atoms with E-state index in [2.05, 4.69) is 9.97 Å². The Kier molecular flexibility index (Phi) is 8.27. The number of nitrogens with two attached hydrogens (primary N) is 1. The maximum Gasteiger partial charge on any atom is 0.424 e. The maximum absolute atomic E-state index is 15.7. The van der Waals surface area contributed by atoms with Crippen molar-refractivity contribution in [2.45, 2.75) is 30.8 Å². The number of hydrogen-bond acceptors (Lipinski definition) is 7. The summed E-state index contributed by atoms with van der Waals surface area (Å²) in [5.41, 5.74) is -4.07. The Morgan fingerprint density at radius 1 is 1.15 bits per heavy atom. The predicted octanol–water partition coefficient (Wildman–Crippen LogP) is 4.61. The second kappa shape index (κ2) is 11.7. The molecule has 9 nitrogen and oxygen atoms in total. The van der Waals surface area contributed by atoms with E-state index in [9.17, 15) is 41.0 Å². The molecule has 2 atom stereocenters. The minimum atomic E-state index is -5.57. The van der Waals surface area contributed by atoms with Gasteiger partial charge in [-0.15, -0.1) is 0 Å². The third kappa shape index (κ3) is 5.87. The first-order valence-electron chi connectivity index (χ1n) is 13.4. The zero-order valence-electron chi connectivity index (χ0n) is 23.6. The first-order chi connectivity index (χ1) is 21.5. The van der Waals surface area contributed by atoms with E-state index in [4.69, 9.17) is 15.2 Å². The Labute approximate surface area is 255 Å². The first-order valence-corrected chi connectivity index (χ1v) is 13.4. The van der Waals surface area contributed by atoms with Gasteiger partial charge < -0.3 is 25.6 Å². The van der Waals surface area contributed by atoms with Crippen molar-refractivity contribution in [3.63, 3.8) is 0 Å². The van der Waals surface area contributed by atoms with Crippen LogP contribution in [-0.4, -0.2) is 59.2 Å². The van der Waals surface area contributed by atoms with Gasteiger partial charge in [-0.25, -0.2) is 22.5 Å². The number of carbonyl (C=O) groups excluding carboxylic acids is 2. The summed E-state index contributed by atoms with van der Waals surface area (Å²) in [5, 5.41) is 13.3. The van der Waals surface area contributed by atoms with Crippen molar-refractivity contribution in [3.8, 4) is 22.8 Å². The van der Waals surface area contributed by atoms with Gasteiger partial charge in [0.05, 0.1) is 12.2 Å². The van der Waals surface area contributed by atoms with Gasteiger partial charge in [-0.05, 0) is 61.0 Å². The highest BCUT2D eigenvalue weighted by Crippen LogP contribution is 2.48. The number of halogens is 7. The lowest BCUT2D eigenvalue weighted by molar-refractivity contribution is -0.265. The van der Waals surface area contributed by atoms with E-state index in [0.717, 1.165) is 30.3 Å². The highest BCUT2D eigenvalue weighted by Gasteiger charge is 2.58. The van der Waals surface area contributed by atoms with Gasteiger partial charge in [0.2, 0.25) is 5.60 Å². The fourth-order valence-corrected chi connectivity index (χ4v) is 4.81. The largest absolute Gasteiger partial charge is 0.487 e. The van der Waals surface area contributed by atoms with Crippen LogP contribution >= 0.6 is 0 Å². The molecule has 2 amide bonds. The number of rotatable bonds is 9. The summed E-state index contributed by atoms with van der Waals surface area (Å²) in [6, 6.07) is 8.31. The van der Waals surface area contributed by atoms with Crippen molar-refractivity contribution in [3.05, 3.63) is 82.9 Å². The Morgan fingerprint density at radius 2 is 1.85 bits per heavy atom. The lowest BCUT2D eigenvalue weighted by Crippen LogP contribution is -2.51. The molecule has 0 unspecified atom stereocenters. The minimum absolute atomic E-state index is 0.0572. The number of aromatic nitrogens is 2. The number of ether oxygens (including phenoxy) is 2. The molecule has 0 fully saturated rings. The van der Waals surface area contributed by atoms with Crippen molar-refractivity contribution >= 4 is 22.7 Å². The fraction of sp³-hybridized carbons (Fsp3) is 0.267. The molecule has 3 heterocycles. The zero-order valence-corrected chi connectivity index (χ0v) is 23.6. The number of amides is 2. The number of nitrogens with one attached hydrogen (secondary N) is 1. The zero-order chi connectivity index (χ0) is 33.6. The van der Waals surface area contributed by atoms with Gasteiger partial charge in [-0.1, -0.05) is 0 Å². The van der Waals surface area contributed by atoms with Crippen LogP contribution in [0.3, 0.4) is 0 Å². The van der Waals surface area contributed by atoms with Crippen LogP contribution in [0.4, 0.5) is 30.7 Å². The normalized spacial score (nSPS) is 17.3. The molecule has 1 aliphatic heterocycles. The fourth-order valence-electron chi connectivity index (χ4n) is 4.81. The van der Waals surface area contributed by atoms with Crippen LogP contribution in [-0.2, 0) is 16.1 Å². The quantitative estimate of drug-likeness (QED) is 0.225. The van der Waals surface area contributed by atoms with Gasteiger partial charge in [0.25, 0.3) is 23.9 Å². The van der Waals surface area contributed by atoms with E-state index in [0.29, 0.717) is 11.6 Å². The molecule has 5 rings (SSSR count). The lowest BCUT2D eigenvalue weighted by Gasteiger charge is -2.31. The summed E-state index contributed by atoms with van der Waals surface area (Å²) >= 11 is 0. The average molecular weight is 653 g/mol. The van der Waals surface area contributed by atoms with E-state index in [-0.39, 0.29) is 27.8 Å². The summed E-state index contributed by atoms with van der Waals surface area (Å²) in [6.45, 7) is -2.00. The standard InChI is InChI=1S/C30H23F7N4O5/c1-14-6-16-7-17(8-20(23(16)39-10-14)45-11-22(32)33)26(42)40-12-29(44,30(35,36)37)21-9-19-25(46-13-28(19,34)27(38)43)24(41-21)15-2-4-18(31)5-3-15/h2-10,22,44H,11-13H2,1H3,(H2,38,43)(H,40,42)/t28-,29+/m1/s1. The van der Waals surface area contributed by atoms with Crippen LogP contribution in [0.15, 0.2) is 54.7 Å². The third-order valence-electron chi connectivity index (χ3n) is 7.23. The Hall–Kier alpha value is -4.99. The maximum atomic E-state index is 15.7. The second-order valence-electron chi connectivity index (χ2n) is 10.5. The van der Waals surface area contributed by atoms with Gasteiger partial charge in [0, 0.05) is 28.3 Å². The molecule has 46 heavy (non-hydrogen) atoms. The van der Waals surface area contributed by atoms with Gasteiger partial charge in [-0.3, -0.25) is 14.6 Å². The van der Waals surface area contributed by atoms with Crippen LogP contribution in [0, 0.1) is 12.7 Å². The Bertz CT molecular complexity index is 1840. The van der Waals surface area contributed by atoms with Crippen LogP contribution in [0.1, 0.15) is 27.2 Å². The van der Waals surface area contributed by atoms with Gasteiger partial charge in [-0.2, -0.15) is 13.2 Å². The van der Waals surface area contributed by atoms with Crippen molar-refractivity contribution in [1.82, 2.24) is 15.3 Å². The minimum Gasteiger partial charge on any atom is -0.487 e. The lowest BCUT2D eigenvalue weighted by atomic mass is 9.90. The number of primary amides is 1. The molecule has 0 saturated heterocycles. The molecule has 2 aromatic heterocycles. The molecule has 0 radical (unpaired) electrons. The van der Waals surface area contributed by atoms with Crippen molar-refractivity contribution in [1.29, 1.82) is 0 Å². The molecule has 0 saturated carbocycles. The molecule has 4 N–H and O–H groups in total. The number of hydrogen-bond donors (Lipinski definition) is 3. The van der Waals surface area contributed by atoms with Crippen LogP contribution in [0.25, 0.3) is 22.2 Å². The highest BCUT2D eigenvalue weighted by molar-refractivity contribution is 6.00. The third-order valence-corrected chi connectivity index (χ3v) is 7.23. The molecule has 0 aliphatic carbocycles. The van der Waals surface area contributed by atoms with Crippen molar-refractivity contribution < 1.29 is 54.9 Å². The number of pyridine rings is 2. The van der Waals surface area contributed by atoms with E-state index >= 15 is 4.39 Å². The van der Waals surface area contributed by atoms with E-state index in [1.165, 1.54) is 18.3 Å². The molecular weight excluding hydrogens is 629 g/mol. The van der Waals surface area contributed by atoms with Crippen molar-refractivity contribution in [2.24, 2.45) is 5.73 Å². The Morgan fingerprint density at radius 3 is 2.48 bits per heavy atom. The Balaban J connectivity index is 1.57. The molecule has 2 aromatic carbocycles. The summed E-state index contributed by atoms with van der Waals surface area (Å²) in [7, 11) is 0. The van der Waals surface area contributed by atoms with E-state index in [1.54, 1.807) is 6.92 Å². The highest BCUT2D eigenvalue weighted by atomic mass is 19.4. The number of benzene rings is 2. The summed E-state index contributed by atoms with van der Waals surface area (Å²) < 4.78 is 109. The smallest absolute Gasteiger partial charge is 0.424 e. The topological polar surface area (TPSA) is 137 Å². The molecule has 242 valence electrons. The summed E-state index contributed by atoms with van der Waals surface area (Å²) in [4.78, 5) is 33.2. The van der Waals surface area contributed by atoms with E-state index in [1.807, 2.05) is 5.32 Å². The summed E-state index contributed by atoms with van der Waals surface area (Å²) in [5.74, 6) is -4.20. The number of nitrogens with zero attached hydrogens (tertiary/aromatic N) is 2. The molecule has 0 spiro atoms. The van der Waals surface area contributed by atoms with Crippen LogP contribution in [0.2, 0.25) is 0 Å². The average Bonchev–Trinajstić information content (AvgIpc) is 3.35. The summed E-state index contributed by atoms with van der Waals surface area (Å²) in [6.07, 6.45) is -7.04. The second-order valence-corrected chi connectivity index (χ2v) is 10.5. The van der Waals surface area contributed by atoms with Crippen LogP contribution in [0.5, 0.6) is 11.5 Å². The SMILES string of the molecule is Cc1cnc2c(OCC(F)F)cc(C(=O)NC[C@](O)(c3cc4c(c(-c5ccc(F)cc5)n3)OC[C@]4(F)C(N)=O)C(F)(F)F)cc2c1. The number of carbonyl (C=O) groups is 2. The molecule has 0 bridgehead atoms. The molecule has 16 heteroatoms. The molecule has 4 aromatic rings. The number of alkyl halides is 6. The number of fused-ring (bicyclic) bond motifs is 2. The molecule has 1 aliphatic rings. The van der Waals surface area contributed by atoms with Crippen LogP contribution < -0.4 is 20.5 Å². The van der Waals surface area contributed by atoms with E-state index < -0.39 is 84.0 Å². The predicted molar refractivity (Wildman–Crippen MR) is 147 cm³/mol. The van der Waals surface area contributed by atoms with Gasteiger partial charge >= 0.3 is 6.18 Å². The molecular formula is C30H23F7N4O5. The number of aryl methyl sites for hydroxylation is 1. The van der Waals surface area contributed by atoms with Gasteiger partial charge in [0.15, 0.2) is 5.75 Å².